The molecule has 2 aromatic rings. The van der Waals surface area contributed by atoms with Crippen molar-refractivity contribution in [3.05, 3.63) is 48.0 Å². The molecule has 0 aliphatic carbocycles. The Hall–Kier alpha value is -2.20. The van der Waals surface area contributed by atoms with Crippen LogP contribution in [-0.2, 0) is 14.8 Å². The van der Waals surface area contributed by atoms with Gasteiger partial charge in [-0.1, -0.05) is 31.5 Å². The third-order valence-corrected chi connectivity index (χ3v) is 5.66. The van der Waals surface area contributed by atoms with E-state index < -0.39 is 10.0 Å². The van der Waals surface area contributed by atoms with Gasteiger partial charge in [0.15, 0.2) is 10.8 Å². The molecular weight excluding hydrogens is 434 g/mol. The van der Waals surface area contributed by atoms with E-state index in [2.05, 4.69) is 17.1 Å². The number of nitrogens with two attached hydrogens (primary N) is 1. The normalized spacial score (nSPS) is 11.4. The molecule has 31 heavy (non-hydrogen) atoms. The van der Waals surface area contributed by atoms with E-state index in [1.54, 1.807) is 30.3 Å². The lowest BCUT2D eigenvalue weighted by Gasteiger charge is -2.18. The van der Waals surface area contributed by atoms with Gasteiger partial charge < -0.3 is 19.7 Å². The Balaban J connectivity index is 2.41. The maximum Gasteiger partial charge on any atom is 0.241 e. The molecule has 0 bridgehead atoms. The predicted molar refractivity (Wildman–Crippen MR) is 129 cm³/mol. The zero-order valence-corrected chi connectivity index (χ0v) is 19.9. The SMILES string of the molecule is CCCCNc1cc(C(=S)OCCCN(C)C)cc(S(N)(=O)=O)c1Oc1ccccc1. The summed E-state index contributed by atoms with van der Waals surface area (Å²) in [7, 11) is -0.121. The van der Waals surface area contributed by atoms with Crippen LogP contribution in [0.4, 0.5) is 5.69 Å². The summed E-state index contributed by atoms with van der Waals surface area (Å²) in [6.07, 6.45) is 2.69. The Morgan fingerprint density at radius 1 is 1.16 bits per heavy atom. The fraction of sp³-hybridized carbons (Fsp3) is 0.409. The third-order valence-electron chi connectivity index (χ3n) is 4.39. The van der Waals surface area contributed by atoms with Crippen molar-refractivity contribution in [3.63, 3.8) is 0 Å². The number of hydrogen-bond donors (Lipinski definition) is 2. The van der Waals surface area contributed by atoms with E-state index in [9.17, 15) is 8.42 Å². The van der Waals surface area contributed by atoms with E-state index in [0.717, 1.165) is 25.8 Å². The Kier molecular flexibility index (Phi) is 9.70. The van der Waals surface area contributed by atoms with Crippen molar-refractivity contribution in [2.24, 2.45) is 5.14 Å². The van der Waals surface area contributed by atoms with Gasteiger partial charge in [0.05, 0.1) is 12.3 Å². The molecule has 0 radical (unpaired) electrons. The number of ether oxygens (including phenoxy) is 2. The van der Waals surface area contributed by atoms with Crippen LogP contribution in [0.5, 0.6) is 11.5 Å². The molecule has 0 aliphatic heterocycles. The quantitative estimate of drug-likeness (QED) is 0.362. The van der Waals surface area contributed by atoms with Crippen molar-refractivity contribution in [2.75, 3.05) is 39.1 Å². The number of hydrogen-bond acceptors (Lipinski definition) is 7. The zero-order chi connectivity index (χ0) is 22.9. The Labute approximate surface area is 190 Å². The molecule has 0 aliphatic rings. The van der Waals surface area contributed by atoms with Crippen molar-refractivity contribution in [3.8, 4) is 11.5 Å². The van der Waals surface area contributed by atoms with Gasteiger partial charge in [-0.25, -0.2) is 13.6 Å². The van der Waals surface area contributed by atoms with Gasteiger partial charge in [0, 0.05) is 18.7 Å². The fourth-order valence-electron chi connectivity index (χ4n) is 2.80. The molecule has 3 N–H and O–H groups in total. The first-order valence-corrected chi connectivity index (χ1v) is 12.2. The van der Waals surface area contributed by atoms with Crippen LogP contribution >= 0.6 is 12.2 Å². The number of unbranched alkanes of at least 4 members (excludes halogenated alkanes) is 1. The number of nitrogens with zero attached hydrogens (tertiary/aromatic N) is 1. The molecule has 7 nitrogen and oxygen atoms in total. The lowest BCUT2D eigenvalue weighted by molar-refractivity contribution is 0.278. The number of primary sulfonamides is 1. The monoisotopic (exact) mass is 465 g/mol. The van der Waals surface area contributed by atoms with E-state index in [1.165, 1.54) is 6.07 Å². The summed E-state index contributed by atoms with van der Waals surface area (Å²) in [6.45, 7) is 4.01. The molecule has 0 atom stereocenters. The number of rotatable bonds is 12. The van der Waals surface area contributed by atoms with Crippen LogP contribution in [0, 0.1) is 0 Å². The second-order valence-corrected chi connectivity index (χ2v) is 9.28. The van der Waals surface area contributed by atoms with Crippen LogP contribution in [-0.4, -0.2) is 52.2 Å². The Morgan fingerprint density at radius 3 is 2.48 bits per heavy atom. The molecule has 0 fully saturated rings. The van der Waals surface area contributed by atoms with Gasteiger partial charge in [-0.2, -0.15) is 0 Å². The van der Waals surface area contributed by atoms with Crippen LogP contribution in [0.2, 0.25) is 0 Å². The first kappa shape index (κ1) is 25.1. The first-order valence-electron chi connectivity index (χ1n) is 10.2. The lowest BCUT2D eigenvalue weighted by Crippen LogP contribution is -2.18. The highest BCUT2D eigenvalue weighted by atomic mass is 32.2. The molecule has 2 aromatic carbocycles. The van der Waals surface area contributed by atoms with E-state index in [-0.39, 0.29) is 15.7 Å². The van der Waals surface area contributed by atoms with E-state index in [1.807, 2.05) is 20.2 Å². The molecule has 0 saturated carbocycles. The Morgan fingerprint density at radius 2 is 1.87 bits per heavy atom. The fourth-order valence-corrected chi connectivity index (χ4v) is 3.71. The summed E-state index contributed by atoms with van der Waals surface area (Å²) in [5.41, 5.74) is 0.960. The minimum atomic E-state index is -4.09. The molecule has 170 valence electrons. The summed E-state index contributed by atoms with van der Waals surface area (Å²) in [6, 6.07) is 12.1. The summed E-state index contributed by atoms with van der Waals surface area (Å²) in [5.74, 6) is 0.644. The number of anilines is 1. The molecule has 9 heteroatoms. The van der Waals surface area contributed by atoms with Gasteiger partial charge in [0.25, 0.3) is 0 Å². The van der Waals surface area contributed by atoms with E-state index >= 15 is 0 Å². The van der Waals surface area contributed by atoms with Crippen LogP contribution in [0.25, 0.3) is 0 Å². The van der Waals surface area contributed by atoms with Gasteiger partial charge in [-0.15, -0.1) is 0 Å². The zero-order valence-electron chi connectivity index (χ0n) is 18.3. The van der Waals surface area contributed by atoms with Gasteiger partial charge in [0.2, 0.25) is 10.0 Å². The van der Waals surface area contributed by atoms with Crippen molar-refractivity contribution in [2.45, 2.75) is 31.1 Å². The Bertz CT molecular complexity index is 964. The van der Waals surface area contributed by atoms with Crippen molar-refractivity contribution < 1.29 is 17.9 Å². The van der Waals surface area contributed by atoms with Crippen LogP contribution in [0.3, 0.4) is 0 Å². The molecule has 0 saturated heterocycles. The summed E-state index contributed by atoms with van der Waals surface area (Å²) in [5, 5.41) is 9.01. The van der Waals surface area contributed by atoms with Crippen LogP contribution in [0.1, 0.15) is 31.7 Å². The molecule has 0 amide bonds. The minimum Gasteiger partial charge on any atom is -0.483 e. The van der Waals surface area contributed by atoms with Gasteiger partial charge in [-0.3, -0.25) is 0 Å². The molecule has 0 unspecified atom stereocenters. The van der Waals surface area contributed by atoms with Gasteiger partial charge >= 0.3 is 0 Å². The smallest absolute Gasteiger partial charge is 0.241 e. The highest BCUT2D eigenvalue weighted by Gasteiger charge is 2.23. The van der Waals surface area contributed by atoms with Crippen molar-refractivity contribution >= 4 is 33.0 Å². The topological polar surface area (TPSA) is 93.9 Å². The largest absolute Gasteiger partial charge is 0.483 e. The summed E-state index contributed by atoms with van der Waals surface area (Å²) >= 11 is 5.41. The van der Waals surface area contributed by atoms with E-state index in [0.29, 0.717) is 30.2 Å². The summed E-state index contributed by atoms with van der Waals surface area (Å²) < 4.78 is 36.5. The highest BCUT2D eigenvalue weighted by molar-refractivity contribution is 7.89. The molecule has 0 spiro atoms. The number of nitrogens with one attached hydrogen (secondary N) is 1. The van der Waals surface area contributed by atoms with Crippen LogP contribution in [0.15, 0.2) is 47.4 Å². The average molecular weight is 466 g/mol. The summed E-state index contributed by atoms with van der Waals surface area (Å²) in [4.78, 5) is 1.91. The second-order valence-electron chi connectivity index (χ2n) is 7.38. The average Bonchev–Trinajstić information content (AvgIpc) is 2.72. The maximum atomic E-state index is 12.4. The second kappa shape index (κ2) is 12.0. The predicted octanol–water partition coefficient (Wildman–Crippen LogP) is 3.98. The lowest BCUT2D eigenvalue weighted by atomic mass is 10.1. The first-order chi connectivity index (χ1) is 14.7. The molecule has 0 aromatic heterocycles. The molecule has 2 rings (SSSR count). The van der Waals surface area contributed by atoms with Gasteiger partial charge in [-0.05, 0) is 63.4 Å². The third kappa shape index (κ3) is 8.10. The highest BCUT2D eigenvalue weighted by Crippen LogP contribution is 2.37. The number of para-hydroxylation sites is 1. The number of sulfonamides is 1. The van der Waals surface area contributed by atoms with Crippen molar-refractivity contribution in [1.82, 2.24) is 4.90 Å². The molecule has 0 heterocycles. The number of benzene rings is 2. The maximum absolute atomic E-state index is 12.4. The standard InChI is InChI=1S/C22H31N3O4S2/c1-4-5-12-24-19-15-17(22(30)28-14-9-13-25(2)3)16-20(31(23,26)27)21(19)29-18-10-7-6-8-11-18/h6-8,10-11,15-16,24H,4-5,9,12-14H2,1-3H3,(H2,23,26,27). The minimum absolute atomic E-state index is 0.143. The van der Waals surface area contributed by atoms with Crippen LogP contribution < -0.4 is 15.2 Å². The molecular formula is C22H31N3O4S2. The van der Waals surface area contributed by atoms with E-state index in [4.69, 9.17) is 26.8 Å². The van der Waals surface area contributed by atoms with Gasteiger partial charge in [0.1, 0.15) is 10.6 Å². The van der Waals surface area contributed by atoms with Crippen molar-refractivity contribution in [1.29, 1.82) is 0 Å². The number of thiocarbonyl (C=S) groups is 1.